The fourth-order valence-electron chi connectivity index (χ4n) is 2.74. The maximum Gasteiger partial charge on any atom is 0.260 e. The van der Waals surface area contributed by atoms with Crippen LogP contribution in [0.1, 0.15) is 33.1 Å². The molecule has 0 spiro atoms. The third-order valence-corrected chi connectivity index (χ3v) is 4.79. The third kappa shape index (κ3) is 5.55. The van der Waals surface area contributed by atoms with Crippen molar-refractivity contribution >= 4 is 29.1 Å². The highest BCUT2D eigenvalue weighted by molar-refractivity contribution is 6.42. The van der Waals surface area contributed by atoms with Crippen LogP contribution in [-0.4, -0.2) is 42.6 Å². The summed E-state index contributed by atoms with van der Waals surface area (Å²) in [6.45, 7) is 7.15. The van der Waals surface area contributed by atoms with Crippen LogP contribution < -0.4 is 10.1 Å². The number of hydrogen-bond donors (Lipinski definition) is 1. The maximum atomic E-state index is 12.3. The van der Waals surface area contributed by atoms with Crippen LogP contribution in [0.5, 0.6) is 5.75 Å². The molecule has 0 bridgehead atoms. The van der Waals surface area contributed by atoms with Crippen LogP contribution in [0.4, 0.5) is 0 Å². The van der Waals surface area contributed by atoms with Crippen molar-refractivity contribution in [3.63, 3.8) is 0 Å². The van der Waals surface area contributed by atoms with E-state index in [2.05, 4.69) is 17.1 Å². The van der Waals surface area contributed by atoms with E-state index in [0.29, 0.717) is 15.8 Å². The van der Waals surface area contributed by atoms with Crippen LogP contribution in [0.25, 0.3) is 0 Å². The molecule has 0 unspecified atom stereocenters. The van der Waals surface area contributed by atoms with Crippen LogP contribution in [-0.2, 0) is 4.79 Å². The summed E-state index contributed by atoms with van der Waals surface area (Å²) in [6, 6.07) is 5.22. The standard InChI is InChI=1S/C17H24Cl2N2O2/c1-3-8-21-9-6-13(7-10-21)20-17(22)12(2)23-14-4-5-15(18)16(19)11-14/h4-5,11-13H,3,6-10H2,1-2H3,(H,20,22)/t12-/m1/s1. The van der Waals surface area contributed by atoms with E-state index in [1.54, 1.807) is 25.1 Å². The molecule has 1 saturated heterocycles. The van der Waals surface area contributed by atoms with Gasteiger partial charge in [0.1, 0.15) is 5.75 Å². The predicted molar refractivity (Wildman–Crippen MR) is 94.4 cm³/mol. The van der Waals surface area contributed by atoms with E-state index < -0.39 is 6.10 Å². The molecule has 1 atom stereocenters. The van der Waals surface area contributed by atoms with Crippen LogP contribution in [0.15, 0.2) is 18.2 Å². The number of piperidine rings is 1. The summed E-state index contributed by atoms with van der Waals surface area (Å²) in [6.07, 6.45) is 2.59. The van der Waals surface area contributed by atoms with Gasteiger partial charge in [-0.1, -0.05) is 30.1 Å². The van der Waals surface area contributed by atoms with E-state index in [1.807, 2.05) is 0 Å². The molecule has 23 heavy (non-hydrogen) atoms. The van der Waals surface area contributed by atoms with E-state index in [4.69, 9.17) is 27.9 Å². The second kappa shape index (κ2) is 8.76. The predicted octanol–water partition coefficient (Wildman–Crippen LogP) is 3.75. The lowest BCUT2D eigenvalue weighted by molar-refractivity contribution is -0.128. The lowest BCUT2D eigenvalue weighted by atomic mass is 10.0. The third-order valence-electron chi connectivity index (χ3n) is 4.05. The van der Waals surface area contributed by atoms with E-state index >= 15 is 0 Å². The number of benzene rings is 1. The number of amides is 1. The highest BCUT2D eigenvalue weighted by atomic mass is 35.5. The molecule has 1 N–H and O–H groups in total. The first-order valence-electron chi connectivity index (χ1n) is 8.14. The minimum absolute atomic E-state index is 0.0926. The first-order chi connectivity index (χ1) is 11.0. The average molecular weight is 359 g/mol. The number of rotatable bonds is 6. The first kappa shape index (κ1) is 18.4. The molecule has 4 nitrogen and oxygen atoms in total. The summed E-state index contributed by atoms with van der Waals surface area (Å²) in [5, 5.41) is 3.96. The molecule has 1 aromatic carbocycles. The normalized spacial score (nSPS) is 17.7. The summed E-state index contributed by atoms with van der Waals surface area (Å²) in [7, 11) is 0. The zero-order valence-electron chi connectivity index (χ0n) is 13.6. The Balaban J connectivity index is 1.80. The number of ether oxygens (including phenoxy) is 1. The highest BCUT2D eigenvalue weighted by Crippen LogP contribution is 2.26. The van der Waals surface area contributed by atoms with Crippen LogP contribution in [0.3, 0.4) is 0 Å². The van der Waals surface area contributed by atoms with Gasteiger partial charge in [-0.05, 0) is 44.9 Å². The molecule has 1 amide bonds. The number of nitrogens with zero attached hydrogens (tertiary/aromatic N) is 1. The maximum absolute atomic E-state index is 12.3. The van der Waals surface area contributed by atoms with Crippen molar-refractivity contribution in [3.05, 3.63) is 28.2 Å². The van der Waals surface area contributed by atoms with Gasteiger partial charge in [0.05, 0.1) is 10.0 Å². The van der Waals surface area contributed by atoms with Crippen LogP contribution >= 0.6 is 23.2 Å². The number of carbonyl (C=O) groups excluding carboxylic acids is 1. The zero-order valence-corrected chi connectivity index (χ0v) is 15.2. The second-order valence-corrected chi connectivity index (χ2v) is 6.77. The Morgan fingerprint density at radius 1 is 1.35 bits per heavy atom. The Morgan fingerprint density at radius 3 is 2.65 bits per heavy atom. The van der Waals surface area contributed by atoms with E-state index in [9.17, 15) is 4.79 Å². The summed E-state index contributed by atoms with van der Waals surface area (Å²) in [4.78, 5) is 14.7. The molecule has 2 rings (SSSR count). The fourth-order valence-corrected chi connectivity index (χ4v) is 3.03. The van der Waals surface area contributed by atoms with Crippen LogP contribution in [0.2, 0.25) is 10.0 Å². The lowest BCUT2D eigenvalue weighted by Gasteiger charge is -2.32. The SMILES string of the molecule is CCCN1CCC(NC(=O)[C@@H](C)Oc2ccc(Cl)c(Cl)c2)CC1. The van der Waals surface area contributed by atoms with Gasteiger partial charge in [-0.25, -0.2) is 0 Å². The molecular weight excluding hydrogens is 335 g/mol. The summed E-state index contributed by atoms with van der Waals surface area (Å²) in [5.74, 6) is 0.449. The first-order valence-corrected chi connectivity index (χ1v) is 8.89. The molecule has 1 aliphatic rings. The Labute approximate surface area is 148 Å². The van der Waals surface area contributed by atoms with Crippen molar-refractivity contribution in [2.75, 3.05) is 19.6 Å². The molecule has 0 saturated carbocycles. The lowest BCUT2D eigenvalue weighted by Crippen LogP contribution is -2.48. The summed E-state index contributed by atoms with van der Waals surface area (Å²) >= 11 is 11.8. The topological polar surface area (TPSA) is 41.6 Å². The number of nitrogens with one attached hydrogen (secondary N) is 1. The molecule has 0 aromatic heterocycles. The van der Waals surface area contributed by atoms with Gasteiger partial charge in [-0.3, -0.25) is 4.79 Å². The summed E-state index contributed by atoms with van der Waals surface area (Å²) < 4.78 is 5.65. The molecule has 128 valence electrons. The Morgan fingerprint density at radius 2 is 2.04 bits per heavy atom. The van der Waals surface area contributed by atoms with Gasteiger partial charge in [0, 0.05) is 25.2 Å². The summed E-state index contributed by atoms with van der Waals surface area (Å²) in [5.41, 5.74) is 0. The monoisotopic (exact) mass is 358 g/mol. The van der Waals surface area contributed by atoms with Crippen molar-refractivity contribution in [2.24, 2.45) is 0 Å². The molecule has 1 aromatic rings. The molecular formula is C17H24Cl2N2O2. The second-order valence-electron chi connectivity index (χ2n) is 5.96. The van der Waals surface area contributed by atoms with Gasteiger partial charge in [0.15, 0.2) is 6.10 Å². The van der Waals surface area contributed by atoms with Gasteiger partial charge < -0.3 is 15.0 Å². The van der Waals surface area contributed by atoms with Gasteiger partial charge in [0.2, 0.25) is 0 Å². The van der Waals surface area contributed by atoms with E-state index in [0.717, 1.165) is 32.5 Å². The number of hydrogen-bond acceptors (Lipinski definition) is 3. The Bertz CT molecular complexity index is 531. The minimum Gasteiger partial charge on any atom is -0.481 e. The van der Waals surface area contributed by atoms with E-state index in [-0.39, 0.29) is 11.9 Å². The Hall–Kier alpha value is -0.970. The van der Waals surface area contributed by atoms with Crippen molar-refractivity contribution in [2.45, 2.75) is 45.3 Å². The molecule has 1 fully saturated rings. The van der Waals surface area contributed by atoms with Gasteiger partial charge in [0.25, 0.3) is 5.91 Å². The zero-order chi connectivity index (χ0) is 16.8. The molecule has 0 aliphatic carbocycles. The van der Waals surface area contributed by atoms with Crippen molar-refractivity contribution in [1.82, 2.24) is 10.2 Å². The average Bonchev–Trinajstić information content (AvgIpc) is 2.53. The van der Waals surface area contributed by atoms with Gasteiger partial charge in [-0.2, -0.15) is 0 Å². The minimum atomic E-state index is -0.569. The number of carbonyl (C=O) groups is 1. The smallest absolute Gasteiger partial charge is 0.260 e. The van der Waals surface area contributed by atoms with E-state index in [1.165, 1.54) is 6.42 Å². The molecule has 6 heteroatoms. The van der Waals surface area contributed by atoms with Crippen molar-refractivity contribution in [3.8, 4) is 5.75 Å². The fraction of sp³-hybridized carbons (Fsp3) is 0.588. The van der Waals surface area contributed by atoms with Crippen LogP contribution in [0, 0.1) is 0 Å². The van der Waals surface area contributed by atoms with Crippen molar-refractivity contribution < 1.29 is 9.53 Å². The molecule has 0 radical (unpaired) electrons. The Kier molecular flexibility index (Phi) is 7.00. The van der Waals surface area contributed by atoms with Crippen molar-refractivity contribution in [1.29, 1.82) is 0 Å². The van der Waals surface area contributed by atoms with Gasteiger partial charge in [-0.15, -0.1) is 0 Å². The number of likely N-dealkylation sites (tertiary alicyclic amines) is 1. The van der Waals surface area contributed by atoms with Gasteiger partial charge >= 0.3 is 0 Å². The quantitative estimate of drug-likeness (QED) is 0.841. The molecule has 1 heterocycles. The number of halogens is 2. The largest absolute Gasteiger partial charge is 0.481 e. The molecule has 1 aliphatic heterocycles. The highest BCUT2D eigenvalue weighted by Gasteiger charge is 2.23.